The zero-order valence-electron chi connectivity index (χ0n) is 9.01. The van der Waals surface area contributed by atoms with Gasteiger partial charge in [0.15, 0.2) is 0 Å². The van der Waals surface area contributed by atoms with Crippen molar-refractivity contribution in [3.63, 3.8) is 0 Å². The first-order valence-electron chi connectivity index (χ1n) is 5.43. The van der Waals surface area contributed by atoms with Gasteiger partial charge in [-0.2, -0.15) is 0 Å². The zero-order chi connectivity index (χ0) is 10.6. The van der Waals surface area contributed by atoms with Gasteiger partial charge in [0.2, 0.25) is 11.8 Å². The van der Waals surface area contributed by atoms with E-state index in [0.29, 0.717) is 12.3 Å². The van der Waals surface area contributed by atoms with Crippen LogP contribution in [0.4, 0.5) is 0 Å². The molecular formula is C11H19NO2. The number of rotatable bonds is 4. The molecule has 1 unspecified atom stereocenters. The molecule has 3 heteroatoms. The number of hydrogen-bond acceptors (Lipinski definition) is 2. The van der Waals surface area contributed by atoms with Crippen molar-refractivity contribution in [1.82, 2.24) is 5.32 Å². The van der Waals surface area contributed by atoms with Gasteiger partial charge in [0.05, 0.1) is 0 Å². The van der Waals surface area contributed by atoms with Gasteiger partial charge in [0.1, 0.15) is 0 Å². The van der Waals surface area contributed by atoms with E-state index in [0.717, 1.165) is 25.7 Å². The molecule has 0 aromatic heterocycles. The Balaban J connectivity index is 2.24. The van der Waals surface area contributed by atoms with Crippen LogP contribution in [0.15, 0.2) is 0 Å². The molecule has 0 radical (unpaired) electrons. The third kappa shape index (κ3) is 3.48. The van der Waals surface area contributed by atoms with Crippen LogP contribution in [0.5, 0.6) is 0 Å². The maximum Gasteiger partial charge on any atom is 0.229 e. The largest absolute Gasteiger partial charge is 0.296 e. The Morgan fingerprint density at radius 3 is 2.71 bits per heavy atom. The molecule has 0 spiro atoms. The summed E-state index contributed by atoms with van der Waals surface area (Å²) < 4.78 is 0. The maximum atomic E-state index is 11.3. The molecule has 0 aliphatic carbocycles. The van der Waals surface area contributed by atoms with E-state index in [-0.39, 0.29) is 17.7 Å². The Labute approximate surface area is 85.3 Å². The number of nitrogens with one attached hydrogen (secondary N) is 1. The molecule has 1 aliphatic rings. The van der Waals surface area contributed by atoms with Crippen LogP contribution in [-0.2, 0) is 9.59 Å². The summed E-state index contributed by atoms with van der Waals surface area (Å²) in [4.78, 5) is 22.2. The van der Waals surface area contributed by atoms with E-state index in [1.807, 2.05) is 0 Å². The third-order valence-corrected chi connectivity index (χ3v) is 2.69. The van der Waals surface area contributed by atoms with Crippen molar-refractivity contribution < 1.29 is 9.59 Å². The van der Waals surface area contributed by atoms with Crippen molar-refractivity contribution in [3.05, 3.63) is 0 Å². The second-order valence-corrected chi connectivity index (χ2v) is 4.47. The van der Waals surface area contributed by atoms with Gasteiger partial charge >= 0.3 is 0 Å². The molecule has 0 aromatic carbocycles. The van der Waals surface area contributed by atoms with Gasteiger partial charge in [-0.1, -0.05) is 26.7 Å². The molecule has 0 bridgehead atoms. The molecule has 0 aromatic rings. The second kappa shape index (κ2) is 5.13. The number of piperidine rings is 1. The fourth-order valence-electron chi connectivity index (χ4n) is 1.79. The minimum absolute atomic E-state index is 0.0648. The molecule has 1 saturated heterocycles. The highest BCUT2D eigenvalue weighted by Crippen LogP contribution is 2.20. The van der Waals surface area contributed by atoms with E-state index >= 15 is 0 Å². The van der Waals surface area contributed by atoms with Crippen molar-refractivity contribution in [2.45, 2.75) is 46.0 Å². The summed E-state index contributed by atoms with van der Waals surface area (Å²) in [5.41, 5.74) is 0. The average Bonchev–Trinajstić information content (AvgIpc) is 2.08. The van der Waals surface area contributed by atoms with Crippen LogP contribution in [-0.4, -0.2) is 11.8 Å². The molecule has 1 N–H and O–H groups in total. The average molecular weight is 197 g/mol. The van der Waals surface area contributed by atoms with Crippen LogP contribution in [0.1, 0.15) is 46.0 Å². The van der Waals surface area contributed by atoms with Gasteiger partial charge in [-0.25, -0.2) is 0 Å². The number of hydrogen-bond donors (Lipinski definition) is 1. The fourth-order valence-corrected chi connectivity index (χ4v) is 1.79. The second-order valence-electron chi connectivity index (χ2n) is 4.47. The first kappa shape index (κ1) is 11.2. The Morgan fingerprint density at radius 1 is 1.43 bits per heavy atom. The van der Waals surface area contributed by atoms with Gasteiger partial charge in [0, 0.05) is 12.3 Å². The van der Waals surface area contributed by atoms with Crippen molar-refractivity contribution >= 4 is 11.8 Å². The number of amides is 2. The smallest absolute Gasteiger partial charge is 0.229 e. The minimum Gasteiger partial charge on any atom is -0.296 e. The quantitative estimate of drug-likeness (QED) is 0.699. The molecule has 0 saturated carbocycles. The number of carbonyl (C=O) groups is 2. The lowest BCUT2D eigenvalue weighted by molar-refractivity contribution is -0.136. The van der Waals surface area contributed by atoms with Gasteiger partial charge in [-0.05, 0) is 18.8 Å². The van der Waals surface area contributed by atoms with E-state index in [4.69, 9.17) is 0 Å². The summed E-state index contributed by atoms with van der Waals surface area (Å²) in [5.74, 6) is 0.592. The van der Waals surface area contributed by atoms with Crippen LogP contribution < -0.4 is 5.32 Å². The maximum absolute atomic E-state index is 11.3. The molecule has 80 valence electrons. The molecule has 1 atom stereocenters. The zero-order valence-corrected chi connectivity index (χ0v) is 9.01. The van der Waals surface area contributed by atoms with E-state index in [1.165, 1.54) is 0 Å². The predicted molar refractivity (Wildman–Crippen MR) is 54.6 cm³/mol. The van der Waals surface area contributed by atoms with Crippen molar-refractivity contribution in [2.75, 3.05) is 0 Å². The van der Waals surface area contributed by atoms with E-state index in [9.17, 15) is 9.59 Å². The third-order valence-electron chi connectivity index (χ3n) is 2.69. The highest BCUT2D eigenvalue weighted by Gasteiger charge is 2.25. The Bertz CT molecular complexity index is 223. The van der Waals surface area contributed by atoms with Crippen LogP contribution in [0.2, 0.25) is 0 Å². The molecule has 1 rings (SSSR count). The Morgan fingerprint density at radius 2 is 2.14 bits per heavy atom. The van der Waals surface area contributed by atoms with Crippen molar-refractivity contribution in [2.24, 2.45) is 11.8 Å². The summed E-state index contributed by atoms with van der Waals surface area (Å²) in [7, 11) is 0. The normalized spacial score (nSPS) is 22.6. The monoisotopic (exact) mass is 197 g/mol. The van der Waals surface area contributed by atoms with Gasteiger partial charge in [-0.3, -0.25) is 14.9 Å². The molecule has 1 fully saturated rings. The lowest BCUT2D eigenvalue weighted by atomic mass is 9.91. The van der Waals surface area contributed by atoms with Crippen LogP contribution >= 0.6 is 0 Å². The standard InChI is InChI=1S/C11H19NO2/c1-8(2)4-3-5-9-6-7-10(13)12-11(9)14/h8-9H,3-7H2,1-2H3,(H,12,13,14). The highest BCUT2D eigenvalue weighted by molar-refractivity contribution is 5.98. The Hall–Kier alpha value is -0.860. The van der Waals surface area contributed by atoms with Gasteiger partial charge in [0.25, 0.3) is 0 Å². The minimum atomic E-state index is -0.116. The van der Waals surface area contributed by atoms with Crippen LogP contribution in [0.3, 0.4) is 0 Å². The Kier molecular flexibility index (Phi) is 4.11. The molecule has 3 nitrogen and oxygen atoms in total. The highest BCUT2D eigenvalue weighted by atomic mass is 16.2. The SMILES string of the molecule is CC(C)CCCC1CCC(=O)NC1=O. The first-order chi connectivity index (χ1) is 6.59. The predicted octanol–water partition coefficient (Wildman–Crippen LogP) is 1.87. The molecular weight excluding hydrogens is 178 g/mol. The van der Waals surface area contributed by atoms with Crippen molar-refractivity contribution in [1.29, 1.82) is 0 Å². The number of imide groups is 1. The van der Waals surface area contributed by atoms with Crippen LogP contribution in [0.25, 0.3) is 0 Å². The summed E-state index contributed by atoms with van der Waals surface area (Å²) in [5, 5.41) is 2.39. The summed E-state index contributed by atoms with van der Waals surface area (Å²) >= 11 is 0. The molecule has 14 heavy (non-hydrogen) atoms. The lowest BCUT2D eigenvalue weighted by Crippen LogP contribution is -2.40. The fraction of sp³-hybridized carbons (Fsp3) is 0.818. The van der Waals surface area contributed by atoms with Crippen LogP contribution in [0, 0.1) is 11.8 Å². The van der Waals surface area contributed by atoms with Crippen molar-refractivity contribution in [3.8, 4) is 0 Å². The summed E-state index contributed by atoms with van der Waals surface area (Å²) in [6.45, 7) is 4.37. The van der Waals surface area contributed by atoms with E-state index in [2.05, 4.69) is 19.2 Å². The molecule has 1 heterocycles. The topological polar surface area (TPSA) is 46.2 Å². The molecule has 1 aliphatic heterocycles. The number of carbonyl (C=O) groups excluding carboxylic acids is 2. The van der Waals surface area contributed by atoms with Gasteiger partial charge in [-0.15, -0.1) is 0 Å². The van der Waals surface area contributed by atoms with E-state index < -0.39 is 0 Å². The lowest BCUT2D eigenvalue weighted by Gasteiger charge is -2.20. The summed E-state index contributed by atoms with van der Waals surface area (Å²) in [6, 6.07) is 0. The summed E-state index contributed by atoms with van der Waals surface area (Å²) in [6.07, 6.45) is 4.43. The van der Waals surface area contributed by atoms with Gasteiger partial charge < -0.3 is 0 Å². The molecule has 2 amide bonds. The van der Waals surface area contributed by atoms with E-state index in [1.54, 1.807) is 0 Å². The first-order valence-corrected chi connectivity index (χ1v) is 5.43.